The van der Waals surface area contributed by atoms with Crippen LogP contribution in [0.2, 0.25) is 0 Å². The van der Waals surface area contributed by atoms with E-state index in [2.05, 4.69) is 31.9 Å². The van der Waals surface area contributed by atoms with Gasteiger partial charge < -0.3 is 16.0 Å². The third-order valence-corrected chi connectivity index (χ3v) is 7.40. The van der Waals surface area contributed by atoms with Crippen LogP contribution in [0.5, 0.6) is 0 Å². The molecule has 0 aromatic heterocycles. The van der Waals surface area contributed by atoms with Crippen molar-refractivity contribution in [1.29, 1.82) is 0 Å². The van der Waals surface area contributed by atoms with Gasteiger partial charge in [-0.25, -0.2) is 13.2 Å². The van der Waals surface area contributed by atoms with Gasteiger partial charge in [-0.1, -0.05) is 22.4 Å². The van der Waals surface area contributed by atoms with Crippen molar-refractivity contribution < 1.29 is 18.0 Å². The molecule has 1 aromatic rings. The molecule has 25 heavy (non-hydrogen) atoms. The maximum absolute atomic E-state index is 12.2. The van der Waals surface area contributed by atoms with Gasteiger partial charge in [-0.3, -0.25) is 4.79 Å². The number of hydrogen-bond donors (Lipinski definition) is 3. The Kier molecular flexibility index (Phi) is 5.33. The van der Waals surface area contributed by atoms with Crippen molar-refractivity contribution in [3.05, 3.63) is 28.7 Å². The quantitative estimate of drug-likeness (QED) is 0.473. The first kappa shape index (κ1) is 18.2. The molecule has 2 aliphatic rings. The van der Waals surface area contributed by atoms with E-state index in [9.17, 15) is 18.0 Å². The first-order chi connectivity index (χ1) is 11.8. The summed E-state index contributed by atoms with van der Waals surface area (Å²) in [4.78, 5) is 23.3. The van der Waals surface area contributed by atoms with Crippen molar-refractivity contribution in [3.63, 3.8) is 0 Å². The zero-order valence-corrected chi connectivity index (χ0v) is 15.9. The van der Waals surface area contributed by atoms with Crippen LogP contribution in [0, 0.1) is 0 Å². The molecule has 9 heteroatoms. The Bertz CT molecular complexity index is 766. The second kappa shape index (κ2) is 7.33. The molecule has 2 saturated heterocycles. The lowest BCUT2D eigenvalue weighted by molar-refractivity contribution is -0.116. The lowest BCUT2D eigenvalue weighted by Crippen LogP contribution is -2.39. The fourth-order valence-corrected chi connectivity index (χ4v) is 5.93. The second-order valence-corrected chi connectivity index (χ2v) is 9.60. The average Bonchev–Trinajstić information content (AvgIpc) is 2.98. The summed E-state index contributed by atoms with van der Waals surface area (Å²) in [7, 11) is -3.21. The standard InChI is InChI=1S/C16H20BrN3O4S/c17-10-5-7-11(8-6-10)18-14(21)4-2-1-3-13-15-12(9-25(13,23)24)19-16(22)20-15/h5-8,12-13,15H,1-4,9H2,(H,18,21)(H2,19,20,22)/t12-,13-,15+/m1/s1. The molecule has 0 unspecified atom stereocenters. The molecule has 136 valence electrons. The summed E-state index contributed by atoms with van der Waals surface area (Å²) in [6.07, 6.45) is 2.02. The largest absolute Gasteiger partial charge is 0.332 e. The van der Waals surface area contributed by atoms with E-state index in [4.69, 9.17) is 0 Å². The zero-order valence-electron chi connectivity index (χ0n) is 13.5. The van der Waals surface area contributed by atoms with E-state index < -0.39 is 15.1 Å². The topological polar surface area (TPSA) is 104 Å². The SMILES string of the molecule is O=C(CCCC[C@@H]1[C@H]2NC(=O)N[C@@H]2CS1(=O)=O)Nc1ccc(Br)cc1. The van der Waals surface area contributed by atoms with Crippen molar-refractivity contribution >= 4 is 43.4 Å². The molecule has 1 aromatic carbocycles. The minimum absolute atomic E-state index is 0.00880. The number of rotatable bonds is 6. The number of fused-ring (bicyclic) bond motifs is 1. The summed E-state index contributed by atoms with van der Waals surface area (Å²) in [5.74, 6) is -0.101. The predicted octanol–water partition coefficient (Wildman–Crippen LogP) is 1.80. The monoisotopic (exact) mass is 429 g/mol. The Labute approximate surface area is 155 Å². The molecule has 0 radical (unpaired) electrons. The normalized spacial score (nSPS) is 26.6. The minimum Gasteiger partial charge on any atom is -0.332 e. The zero-order chi connectivity index (χ0) is 18.0. The molecule has 0 aliphatic carbocycles. The van der Waals surface area contributed by atoms with E-state index >= 15 is 0 Å². The van der Waals surface area contributed by atoms with Crippen LogP contribution >= 0.6 is 15.9 Å². The number of halogens is 1. The number of anilines is 1. The van der Waals surface area contributed by atoms with Gasteiger partial charge in [-0.15, -0.1) is 0 Å². The van der Waals surface area contributed by atoms with Gasteiger partial charge in [0.05, 0.1) is 23.1 Å². The molecule has 2 heterocycles. The summed E-state index contributed by atoms with van der Waals surface area (Å²) in [6, 6.07) is 6.33. The van der Waals surface area contributed by atoms with Gasteiger partial charge in [0.25, 0.3) is 0 Å². The fourth-order valence-electron chi connectivity index (χ4n) is 3.39. The average molecular weight is 430 g/mol. The Morgan fingerprint density at radius 3 is 2.64 bits per heavy atom. The van der Waals surface area contributed by atoms with Crippen molar-refractivity contribution in [2.45, 2.75) is 43.0 Å². The van der Waals surface area contributed by atoms with E-state index in [0.29, 0.717) is 25.7 Å². The molecule has 3 amide bonds. The maximum atomic E-state index is 12.2. The smallest absolute Gasteiger partial charge is 0.315 e. The number of hydrogen-bond acceptors (Lipinski definition) is 4. The summed E-state index contributed by atoms with van der Waals surface area (Å²) < 4.78 is 25.3. The van der Waals surface area contributed by atoms with Crippen LogP contribution in [0.15, 0.2) is 28.7 Å². The molecule has 0 spiro atoms. The number of carbonyl (C=O) groups excluding carboxylic acids is 2. The predicted molar refractivity (Wildman–Crippen MR) is 98.1 cm³/mol. The van der Waals surface area contributed by atoms with Crippen LogP contribution in [0.4, 0.5) is 10.5 Å². The first-order valence-electron chi connectivity index (χ1n) is 8.19. The van der Waals surface area contributed by atoms with Crippen LogP contribution in [0.1, 0.15) is 25.7 Å². The molecular formula is C16H20BrN3O4S. The van der Waals surface area contributed by atoms with Crippen molar-refractivity contribution in [2.75, 3.05) is 11.1 Å². The number of unbranched alkanes of at least 4 members (excludes halogenated alkanes) is 1. The Hall–Kier alpha value is -1.61. The third kappa shape index (κ3) is 4.33. The molecular weight excluding hydrogens is 410 g/mol. The highest BCUT2D eigenvalue weighted by atomic mass is 79.9. The summed E-state index contributed by atoms with van der Waals surface area (Å²) in [5.41, 5.74) is 0.731. The lowest BCUT2D eigenvalue weighted by Gasteiger charge is -2.16. The highest BCUT2D eigenvalue weighted by Crippen LogP contribution is 2.28. The number of benzene rings is 1. The molecule has 3 atom stereocenters. The Morgan fingerprint density at radius 1 is 1.20 bits per heavy atom. The molecule has 3 rings (SSSR count). The molecule has 0 bridgehead atoms. The highest BCUT2D eigenvalue weighted by molar-refractivity contribution is 9.10. The van der Waals surface area contributed by atoms with Crippen LogP contribution in [0.25, 0.3) is 0 Å². The van der Waals surface area contributed by atoms with E-state index in [-0.39, 0.29) is 29.8 Å². The summed E-state index contributed by atoms with van der Waals surface area (Å²) in [5, 5.41) is 7.59. The van der Waals surface area contributed by atoms with E-state index in [0.717, 1.165) is 10.2 Å². The van der Waals surface area contributed by atoms with Crippen molar-refractivity contribution in [1.82, 2.24) is 10.6 Å². The Morgan fingerprint density at radius 2 is 1.92 bits per heavy atom. The molecule has 0 saturated carbocycles. The first-order valence-corrected chi connectivity index (χ1v) is 10.7. The van der Waals surface area contributed by atoms with Crippen LogP contribution in [0.3, 0.4) is 0 Å². The van der Waals surface area contributed by atoms with Gasteiger partial charge in [-0.2, -0.15) is 0 Å². The van der Waals surface area contributed by atoms with E-state index in [1.165, 1.54) is 0 Å². The third-order valence-electron chi connectivity index (χ3n) is 4.59. The Balaban J connectivity index is 1.44. The second-order valence-electron chi connectivity index (χ2n) is 6.42. The van der Waals surface area contributed by atoms with Gasteiger partial charge in [0.15, 0.2) is 9.84 Å². The number of nitrogens with one attached hydrogen (secondary N) is 3. The van der Waals surface area contributed by atoms with E-state index in [1.807, 2.05) is 24.3 Å². The van der Waals surface area contributed by atoms with Gasteiger partial charge in [-0.05, 0) is 37.1 Å². The van der Waals surface area contributed by atoms with Gasteiger partial charge in [0.2, 0.25) is 5.91 Å². The molecule has 7 nitrogen and oxygen atoms in total. The lowest BCUT2D eigenvalue weighted by atomic mass is 10.0. The maximum Gasteiger partial charge on any atom is 0.315 e. The number of sulfone groups is 1. The molecule has 2 fully saturated rings. The van der Waals surface area contributed by atoms with Crippen molar-refractivity contribution in [2.24, 2.45) is 0 Å². The number of amides is 3. The van der Waals surface area contributed by atoms with E-state index in [1.54, 1.807) is 0 Å². The van der Waals surface area contributed by atoms with Gasteiger partial charge >= 0.3 is 6.03 Å². The van der Waals surface area contributed by atoms with Crippen LogP contribution in [-0.2, 0) is 14.6 Å². The molecule has 3 N–H and O–H groups in total. The summed E-state index contributed by atoms with van der Waals surface area (Å²) in [6.45, 7) is 0. The highest BCUT2D eigenvalue weighted by Gasteiger charge is 2.51. The summed E-state index contributed by atoms with van der Waals surface area (Å²) >= 11 is 3.33. The van der Waals surface area contributed by atoms with Crippen molar-refractivity contribution in [3.8, 4) is 0 Å². The van der Waals surface area contributed by atoms with Crippen LogP contribution < -0.4 is 16.0 Å². The fraction of sp³-hybridized carbons (Fsp3) is 0.500. The van der Waals surface area contributed by atoms with Gasteiger partial charge in [0, 0.05) is 16.6 Å². The van der Waals surface area contributed by atoms with Gasteiger partial charge in [0.1, 0.15) is 0 Å². The van der Waals surface area contributed by atoms with Crippen LogP contribution in [-0.4, -0.2) is 43.4 Å². The minimum atomic E-state index is -3.21. The number of carbonyl (C=O) groups is 2. The number of urea groups is 1. The molecule has 2 aliphatic heterocycles.